The van der Waals surface area contributed by atoms with Crippen LogP contribution in [0.1, 0.15) is 11.1 Å². The highest BCUT2D eigenvalue weighted by Gasteiger charge is 2.16. The quantitative estimate of drug-likeness (QED) is 0.852. The average Bonchev–Trinajstić information content (AvgIpc) is 2.51. The number of sulfonamides is 1. The van der Waals surface area contributed by atoms with Crippen molar-refractivity contribution in [3.63, 3.8) is 0 Å². The van der Waals surface area contributed by atoms with Crippen LogP contribution in [-0.2, 0) is 10.0 Å². The summed E-state index contributed by atoms with van der Waals surface area (Å²) in [6.07, 6.45) is 4.81. The molecule has 0 aliphatic carbocycles. The highest BCUT2D eigenvalue weighted by Crippen LogP contribution is 2.19. The van der Waals surface area contributed by atoms with E-state index in [0.717, 1.165) is 11.8 Å². The van der Waals surface area contributed by atoms with Crippen molar-refractivity contribution in [3.05, 3.63) is 71.8 Å². The molecule has 2 rings (SSSR count). The first-order valence-corrected chi connectivity index (χ1v) is 8.55. The Balaban J connectivity index is 2.25. The molecule has 0 aliphatic rings. The maximum atomic E-state index is 12.0. The van der Waals surface area contributed by atoms with Gasteiger partial charge >= 0.3 is 0 Å². The van der Waals surface area contributed by atoms with Gasteiger partial charge in [0, 0.05) is 0 Å². The Morgan fingerprint density at radius 3 is 2.50 bits per heavy atom. The minimum atomic E-state index is -3.42. The molecule has 0 amide bonds. The second kappa shape index (κ2) is 6.92. The Kier molecular flexibility index (Phi) is 4.97. The number of rotatable bonds is 5. The minimum absolute atomic E-state index is 0.211. The molecule has 0 atom stereocenters. The van der Waals surface area contributed by atoms with Crippen LogP contribution in [0.4, 0.5) is 5.69 Å². The lowest BCUT2D eigenvalue weighted by atomic mass is 10.2. The van der Waals surface area contributed by atoms with Crippen molar-refractivity contribution >= 4 is 21.8 Å². The van der Waals surface area contributed by atoms with E-state index in [1.165, 1.54) is 4.31 Å². The molecule has 0 fully saturated rings. The summed E-state index contributed by atoms with van der Waals surface area (Å²) in [5.74, 6) is 0. The van der Waals surface area contributed by atoms with Gasteiger partial charge in [0.05, 0.1) is 30.1 Å². The summed E-state index contributed by atoms with van der Waals surface area (Å²) in [7, 11) is -3.42. The van der Waals surface area contributed by atoms with Gasteiger partial charge in [-0.1, -0.05) is 48.6 Å². The molecule has 5 heteroatoms. The monoisotopic (exact) mass is 312 g/mol. The van der Waals surface area contributed by atoms with Gasteiger partial charge in [0.2, 0.25) is 10.0 Å². The Bertz CT molecular complexity index is 806. The molecular weight excluding hydrogens is 296 g/mol. The predicted molar refractivity (Wildman–Crippen MR) is 88.8 cm³/mol. The summed E-state index contributed by atoms with van der Waals surface area (Å²) in [4.78, 5) is 0. The summed E-state index contributed by atoms with van der Waals surface area (Å²) < 4.78 is 25.2. The SMILES string of the molecule is CS(=O)(=O)N(CC=Cc1ccccc1)c1cccc(C#N)c1. The van der Waals surface area contributed by atoms with E-state index < -0.39 is 10.0 Å². The molecule has 2 aromatic carbocycles. The lowest BCUT2D eigenvalue weighted by molar-refractivity contribution is 0.599. The second-order valence-corrected chi connectivity index (χ2v) is 6.68. The van der Waals surface area contributed by atoms with Crippen LogP contribution >= 0.6 is 0 Å². The summed E-state index contributed by atoms with van der Waals surface area (Å²) in [6.45, 7) is 0.211. The topological polar surface area (TPSA) is 61.2 Å². The lowest BCUT2D eigenvalue weighted by Crippen LogP contribution is -2.29. The van der Waals surface area contributed by atoms with E-state index in [1.54, 1.807) is 30.3 Å². The summed E-state index contributed by atoms with van der Waals surface area (Å²) >= 11 is 0. The fourth-order valence-corrected chi connectivity index (χ4v) is 2.86. The zero-order valence-corrected chi connectivity index (χ0v) is 13.0. The number of anilines is 1. The standard InChI is InChI=1S/C17H16N2O2S/c1-22(20,21)19(17-11-5-9-16(13-17)14-18)12-6-10-15-7-3-2-4-8-15/h2-11,13H,12H2,1H3. The van der Waals surface area contributed by atoms with Gasteiger partial charge in [-0.15, -0.1) is 0 Å². The van der Waals surface area contributed by atoms with Gasteiger partial charge in [-0.2, -0.15) is 5.26 Å². The highest BCUT2D eigenvalue weighted by molar-refractivity contribution is 7.92. The van der Waals surface area contributed by atoms with Crippen LogP contribution in [0.3, 0.4) is 0 Å². The van der Waals surface area contributed by atoms with Gasteiger partial charge < -0.3 is 0 Å². The number of hydrogen-bond donors (Lipinski definition) is 0. The van der Waals surface area contributed by atoms with E-state index in [4.69, 9.17) is 5.26 Å². The molecule has 0 saturated carbocycles. The third kappa shape index (κ3) is 4.21. The van der Waals surface area contributed by atoms with Gasteiger partial charge in [0.15, 0.2) is 0 Å². The van der Waals surface area contributed by atoms with Crippen molar-refractivity contribution in [2.45, 2.75) is 0 Å². The van der Waals surface area contributed by atoms with E-state index in [0.29, 0.717) is 11.3 Å². The number of nitrogens with zero attached hydrogens (tertiary/aromatic N) is 2. The smallest absolute Gasteiger partial charge is 0.232 e. The fraction of sp³-hybridized carbons (Fsp3) is 0.118. The van der Waals surface area contributed by atoms with E-state index in [1.807, 2.05) is 42.5 Å². The first-order chi connectivity index (χ1) is 10.5. The average molecular weight is 312 g/mol. The minimum Gasteiger partial charge on any atom is -0.267 e. The molecule has 0 heterocycles. The van der Waals surface area contributed by atoms with Crippen molar-refractivity contribution < 1.29 is 8.42 Å². The zero-order chi connectivity index (χ0) is 16.0. The van der Waals surface area contributed by atoms with Crippen LogP contribution < -0.4 is 4.31 Å². The van der Waals surface area contributed by atoms with Gasteiger partial charge in [-0.3, -0.25) is 4.31 Å². The molecule has 112 valence electrons. The van der Waals surface area contributed by atoms with Crippen molar-refractivity contribution in [2.75, 3.05) is 17.1 Å². The highest BCUT2D eigenvalue weighted by atomic mass is 32.2. The normalized spacial score (nSPS) is 11.3. The zero-order valence-electron chi connectivity index (χ0n) is 12.2. The van der Waals surface area contributed by atoms with Gasteiger partial charge in [0.1, 0.15) is 0 Å². The van der Waals surface area contributed by atoms with Crippen LogP contribution in [-0.4, -0.2) is 21.2 Å². The first-order valence-electron chi connectivity index (χ1n) is 6.70. The van der Waals surface area contributed by atoms with E-state index in [-0.39, 0.29) is 6.54 Å². The lowest BCUT2D eigenvalue weighted by Gasteiger charge is -2.20. The Morgan fingerprint density at radius 1 is 1.14 bits per heavy atom. The van der Waals surface area contributed by atoms with Crippen LogP contribution in [0.5, 0.6) is 0 Å². The summed E-state index contributed by atoms with van der Waals surface area (Å²) in [5, 5.41) is 8.94. The summed E-state index contributed by atoms with van der Waals surface area (Å²) in [5.41, 5.74) is 1.92. The third-order valence-electron chi connectivity index (χ3n) is 3.04. The fourth-order valence-electron chi connectivity index (χ4n) is 2.01. The molecule has 0 radical (unpaired) electrons. The maximum absolute atomic E-state index is 12.0. The van der Waals surface area contributed by atoms with Crippen molar-refractivity contribution in [3.8, 4) is 6.07 Å². The van der Waals surface area contributed by atoms with Crippen LogP contribution in [0.15, 0.2) is 60.7 Å². The molecule has 22 heavy (non-hydrogen) atoms. The number of hydrogen-bond acceptors (Lipinski definition) is 3. The van der Waals surface area contributed by atoms with Crippen LogP contribution in [0.2, 0.25) is 0 Å². The molecule has 0 N–H and O–H groups in total. The van der Waals surface area contributed by atoms with Gasteiger partial charge in [-0.25, -0.2) is 8.42 Å². The number of nitriles is 1. The molecule has 4 nitrogen and oxygen atoms in total. The number of benzene rings is 2. The Morgan fingerprint density at radius 2 is 1.86 bits per heavy atom. The summed E-state index contributed by atoms with van der Waals surface area (Å²) in [6, 6.07) is 18.2. The van der Waals surface area contributed by atoms with Crippen molar-refractivity contribution in [1.29, 1.82) is 5.26 Å². The van der Waals surface area contributed by atoms with E-state index in [9.17, 15) is 8.42 Å². The maximum Gasteiger partial charge on any atom is 0.232 e. The van der Waals surface area contributed by atoms with E-state index in [2.05, 4.69) is 0 Å². The van der Waals surface area contributed by atoms with E-state index >= 15 is 0 Å². The van der Waals surface area contributed by atoms with Crippen LogP contribution in [0, 0.1) is 11.3 Å². The van der Waals surface area contributed by atoms with Crippen LogP contribution in [0.25, 0.3) is 6.08 Å². The molecule has 2 aromatic rings. The van der Waals surface area contributed by atoms with Gasteiger partial charge in [0.25, 0.3) is 0 Å². The predicted octanol–water partition coefficient (Wildman–Crippen LogP) is 3.04. The largest absolute Gasteiger partial charge is 0.267 e. The van der Waals surface area contributed by atoms with Crippen molar-refractivity contribution in [1.82, 2.24) is 0 Å². The molecule has 0 aromatic heterocycles. The molecule has 0 aliphatic heterocycles. The first kappa shape index (κ1) is 15.8. The van der Waals surface area contributed by atoms with Crippen molar-refractivity contribution in [2.24, 2.45) is 0 Å². The van der Waals surface area contributed by atoms with Gasteiger partial charge in [-0.05, 0) is 23.8 Å². The third-order valence-corrected chi connectivity index (χ3v) is 4.21. The molecule has 0 bridgehead atoms. The Labute approximate surface area is 131 Å². The second-order valence-electron chi connectivity index (χ2n) is 4.77. The Hall–Kier alpha value is -2.58. The molecule has 0 unspecified atom stereocenters. The molecule has 0 saturated heterocycles. The molecular formula is C17H16N2O2S. The molecule has 0 spiro atoms.